The van der Waals surface area contributed by atoms with Gasteiger partial charge in [-0.3, -0.25) is 0 Å². The number of nitrogens with zero attached hydrogens (tertiary/aromatic N) is 2. The van der Waals surface area contributed by atoms with E-state index in [4.69, 9.17) is 0 Å². The fourth-order valence-corrected chi connectivity index (χ4v) is 2.41. The van der Waals surface area contributed by atoms with E-state index in [0.717, 1.165) is 35.6 Å². The molecule has 1 unspecified atom stereocenters. The van der Waals surface area contributed by atoms with Crippen molar-refractivity contribution in [1.82, 2.24) is 15.3 Å². The van der Waals surface area contributed by atoms with Gasteiger partial charge in [0.15, 0.2) is 0 Å². The van der Waals surface area contributed by atoms with Crippen molar-refractivity contribution < 1.29 is 0 Å². The maximum atomic E-state index is 4.63. The highest BCUT2D eigenvalue weighted by Gasteiger charge is 2.14. The average molecular weight is 242 g/mol. The lowest BCUT2D eigenvalue weighted by molar-refractivity contribution is 0.632. The van der Waals surface area contributed by atoms with Crippen LogP contribution in [0.2, 0.25) is 0 Å². The third-order valence-electron chi connectivity index (χ3n) is 3.42. The van der Waals surface area contributed by atoms with Crippen molar-refractivity contribution in [3.63, 3.8) is 0 Å². The predicted molar refractivity (Wildman–Crippen MR) is 73.8 cm³/mol. The van der Waals surface area contributed by atoms with Crippen LogP contribution in [-0.4, -0.2) is 29.1 Å². The van der Waals surface area contributed by atoms with E-state index in [1.807, 2.05) is 31.2 Å². The maximum Gasteiger partial charge on any atom is 0.148 e. The third-order valence-corrected chi connectivity index (χ3v) is 3.42. The van der Waals surface area contributed by atoms with Crippen LogP contribution in [0.4, 0.5) is 5.82 Å². The lowest BCUT2D eigenvalue weighted by atomic mass is 10.2. The zero-order chi connectivity index (χ0) is 12.4. The first-order chi connectivity index (χ1) is 8.83. The predicted octanol–water partition coefficient (Wildman–Crippen LogP) is 2.10. The van der Waals surface area contributed by atoms with E-state index in [2.05, 4.69) is 20.6 Å². The summed E-state index contributed by atoms with van der Waals surface area (Å²) in [5.41, 5.74) is 2.87. The monoisotopic (exact) mass is 242 g/mol. The number of benzene rings is 1. The lowest BCUT2D eigenvalue weighted by Gasteiger charge is -2.13. The van der Waals surface area contributed by atoms with Crippen LogP contribution in [0, 0.1) is 6.92 Å². The molecule has 2 heterocycles. The van der Waals surface area contributed by atoms with Gasteiger partial charge in [0, 0.05) is 12.6 Å². The van der Waals surface area contributed by atoms with E-state index < -0.39 is 0 Å². The van der Waals surface area contributed by atoms with Gasteiger partial charge in [-0.25, -0.2) is 9.97 Å². The summed E-state index contributed by atoms with van der Waals surface area (Å²) >= 11 is 0. The second-order valence-electron chi connectivity index (χ2n) is 4.82. The fourth-order valence-electron chi connectivity index (χ4n) is 2.41. The van der Waals surface area contributed by atoms with Crippen LogP contribution in [0.1, 0.15) is 18.5 Å². The van der Waals surface area contributed by atoms with Gasteiger partial charge in [-0.2, -0.15) is 0 Å². The Bertz CT molecular complexity index is 546. The largest absolute Gasteiger partial charge is 0.367 e. The molecule has 2 aromatic rings. The molecule has 4 heteroatoms. The first-order valence-electron chi connectivity index (χ1n) is 6.53. The molecule has 3 rings (SSSR count). The molecule has 0 amide bonds. The second-order valence-corrected chi connectivity index (χ2v) is 4.82. The van der Waals surface area contributed by atoms with Crippen LogP contribution >= 0.6 is 0 Å². The van der Waals surface area contributed by atoms with Gasteiger partial charge < -0.3 is 10.6 Å². The molecule has 0 bridgehead atoms. The number of aromatic nitrogens is 2. The molecule has 1 aromatic heterocycles. The fraction of sp³-hybridized carbons (Fsp3) is 0.429. The summed E-state index contributed by atoms with van der Waals surface area (Å²) in [6.07, 6.45) is 2.52. The molecule has 0 saturated carbocycles. The van der Waals surface area contributed by atoms with Gasteiger partial charge in [-0.05, 0) is 38.4 Å². The Morgan fingerprint density at radius 2 is 2.06 bits per heavy atom. The van der Waals surface area contributed by atoms with Crippen molar-refractivity contribution in [1.29, 1.82) is 0 Å². The molecule has 1 aliphatic rings. The first kappa shape index (κ1) is 11.4. The molecule has 2 N–H and O–H groups in total. The summed E-state index contributed by atoms with van der Waals surface area (Å²) < 4.78 is 0. The number of nitrogens with one attached hydrogen (secondary N) is 2. The van der Waals surface area contributed by atoms with Crippen molar-refractivity contribution in [2.75, 3.05) is 18.4 Å². The number of aryl methyl sites for hydroxylation is 1. The summed E-state index contributed by atoms with van der Waals surface area (Å²) in [5, 5.41) is 6.88. The number of anilines is 1. The third kappa shape index (κ3) is 2.29. The lowest BCUT2D eigenvalue weighted by Crippen LogP contribution is -2.29. The minimum atomic E-state index is 0.567. The molecule has 1 atom stereocenters. The van der Waals surface area contributed by atoms with E-state index in [1.54, 1.807) is 0 Å². The Labute approximate surface area is 107 Å². The van der Waals surface area contributed by atoms with Crippen LogP contribution in [0.5, 0.6) is 0 Å². The average Bonchev–Trinajstić information content (AvgIpc) is 2.89. The Kier molecular flexibility index (Phi) is 3.11. The molecule has 18 heavy (non-hydrogen) atoms. The SMILES string of the molecule is Cc1nc2ccccc2nc1NCC1CCCN1. The number of fused-ring (bicyclic) bond motifs is 1. The standard InChI is InChI=1S/C14H18N4/c1-10-14(16-9-11-5-4-8-15-11)18-13-7-3-2-6-12(13)17-10/h2-3,6-7,11,15H,4-5,8-9H2,1H3,(H,16,18). The quantitative estimate of drug-likeness (QED) is 0.865. The summed E-state index contributed by atoms with van der Waals surface area (Å²) in [6.45, 7) is 4.06. The van der Waals surface area contributed by atoms with Crippen LogP contribution in [0.3, 0.4) is 0 Å². The van der Waals surface area contributed by atoms with Gasteiger partial charge in [-0.15, -0.1) is 0 Å². The van der Waals surface area contributed by atoms with Crippen molar-refractivity contribution >= 4 is 16.9 Å². The normalized spacial score (nSPS) is 19.3. The molecule has 0 radical (unpaired) electrons. The van der Waals surface area contributed by atoms with Gasteiger partial charge in [-0.1, -0.05) is 12.1 Å². The molecule has 0 aliphatic carbocycles. The Morgan fingerprint density at radius 3 is 2.78 bits per heavy atom. The molecule has 4 nitrogen and oxygen atoms in total. The highest BCUT2D eigenvalue weighted by Crippen LogP contribution is 2.16. The van der Waals surface area contributed by atoms with Crippen molar-refractivity contribution in [2.24, 2.45) is 0 Å². The molecule has 1 aromatic carbocycles. The highest BCUT2D eigenvalue weighted by molar-refractivity contribution is 5.76. The zero-order valence-corrected chi connectivity index (χ0v) is 10.6. The topological polar surface area (TPSA) is 49.8 Å². The van der Waals surface area contributed by atoms with Crippen molar-refractivity contribution in [3.05, 3.63) is 30.0 Å². The van der Waals surface area contributed by atoms with Gasteiger partial charge in [0.2, 0.25) is 0 Å². The second kappa shape index (κ2) is 4.90. The Hall–Kier alpha value is -1.68. The zero-order valence-electron chi connectivity index (χ0n) is 10.6. The van der Waals surface area contributed by atoms with Gasteiger partial charge >= 0.3 is 0 Å². The van der Waals surface area contributed by atoms with Crippen LogP contribution in [-0.2, 0) is 0 Å². The van der Waals surface area contributed by atoms with E-state index in [1.165, 1.54) is 12.8 Å². The van der Waals surface area contributed by atoms with E-state index in [9.17, 15) is 0 Å². The van der Waals surface area contributed by atoms with Crippen LogP contribution in [0.25, 0.3) is 11.0 Å². The number of rotatable bonds is 3. The number of hydrogen-bond donors (Lipinski definition) is 2. The summed E-state index contributed by atoms with van der Waals surface area (Å²) in [7, 11) is 0. The smallest absolute Gasteiger partial charge is 0.148 e. The van der Waals surface area contributed by atoms with Gasteiger partial charge in [0.05, 0.1) is 16.7 Å². The van der Waals surface area contributed by atoms with E-state index in [0.29, 0.717) is 6.04 Å². The minimum Gasteiger partial charge on any atom is -0.367 e. The summed E-state index contributed by atoms with van der Waals surface area (Å²) in [4.78, 5) is 9.21. The molecule has 0 spiro atoms. The molecule has 1 fully saturated rings. The summed E-state index contributed by atoms with van der Waals surface area (Å²) in [6, 6.07) is 8.55. The number of para-hydroxylation sites is 2. The van der Waals surface area contributed by atoms with E-state index in [-0.39, 0.29) is 0 Å². The van der Waals surface area contributed by atoms with E-state index >= 15 is 0 Å². The van der Waals surface area contributed by atoms with Gasteiger partial charge in [0.25, 0.3) is 0 Å². The van der Waals surface area contributed by atoms with Crippen molar-refractivity contribution in [3.8, 4) is 0 Å². The molecular weight excluding hydrogens is 224 g/mol. The minimum absolute atomic E-state index is 0.567. The van der Waals surface area contributed by atoms with Gasteiger partial charge in [0.1, 0.15) is 5.82 Å². The summed E-state index contributed by atoms with van der Waals surface area (Å²) in [5.74, 6) is 0.905. The molecular formula is C14H18N4. The van der Waals surface area contributed by atoms with Crippen LogP contribution in [0.15, 0.2) is 24.3 Å². The first-order valence-corrected chi connectivity index (χ1v) is 6.53. The molecule has 1 saturated heterocycles. The van der Waals surface area contributed by atoms with Crippen LogP contribution < -0.4 is 10.6 Å². The Morgan fingerprint density at radius 1 is 1.28 bits per heavy atom. The maximum absolute atomic E-state index is 4.63. The van der Waals surface area contributed by atoms with Crippen molar-refractivity contribution in [2.45, 2.75) is 25.8 Å². The number of hydrogen-bond acceptors (Lipinski definition) is 4. The molecule has 1 aliphatic heterocycles. The highest BCUT2D eigenvalue weighted by atomic mass is 15.1. The molecule has 94 valence electrons. The Balaban J connectivity index is 1.80.